The number of hydrogen-bond acceptors (Lipinski definition) is 3. The highest BCUT2D eigenvalue weighted by molar-refractivity contribution is 5.94. The van der Waals surface area contributed by atoms with Crippen molar-refractivity contribution in [2.75, 3.05) is 0 Å². The summed E-state index contributed by atoms with van der Waals surface area (Å²) in [7, 11) is 0. The monoisotopic (exact) mass is 409 g/mol. The van der Waals surface area contributed by atoms with Gasteiger partial charge in [-0.3, -0.25) is 9.59 Å². The molecule has 0 aromatic heterocycles. The standard InChI is InChI=1S/C27H23NO3/c29-26(31-19-23-16-9-15-20-10-7-8-17-24(20)23)18-25(21-11-3-1-4-12-21)28-27(30)22-13-5-2-6-14-22/h1-17,25H,18-19H2,(H,28,30)/t25-/m0/s1. The fraction of sp³-hybridized carbons (Fsp3) is 0.111. The smallest absolute Gasteiger partial charge is 0.308 e. The number of carbonyl (C=O) groups is 2. The molecule has 0 radical (unpaired) electrons. The van der Waals surface area contributed by atoms with Gasteiger partial charge in [-0.15, -0.1) is 0 Å². The van der Waals surface area contributed by atoms with Crippen molar-refractivity contribution in [1.82, 2.24) is 5.32 Å². The minimum Gasteiger partial charge on any atom is -0.461 e. The molecule has 0 aliphatic rings. The molecular weight excluding hydrogens is 386 g/mol. The van der Waals surface area contributed by atoms with E-state index in [0.717, 1.165) is 21.9 Å². The summed E-state index contributed by atoms with van der Waals surface area (Å²) < 4.78 is 5.59. The van der Waals surface area contributed by atoms with Crippen LogP contribution in [0, 0.1) is 0 Å². The average Bonchev–Trinajstić information content (AvgIpc) is 2.83. The number of amides is 1. The van der Waals surface area contributed by atoms with E-state index in [4.69, 9.17) is 4.74 Å². The van der Waals surface area contributed by atoms with Crippen LogP contribution >= 0.6 is 0 Å². The summed E-state index contributed by atoms with van der Waals surface area (Å²) in [5.74, 6) is -0.591. The Labute approximate surface area is 181 Å². The van der Waals surface area contributed by atoms with E-state index in [-0.39, 0.29) is 24.9 Å². The number of esters is 1. The van der Waals surface area contributed by atoms with E-state index in [1.54, 1.807) is 12.1 Å². The fourth-order valence-electron chi connectivity index (χ4n) is 3.57. The summed E-state index contributed by atoms with van der Waals surface area (Å²) in [6, 6.07) is 31.9. The Bertz CT molecular complexity index is 1170. The molecule has 0 heterocycles. The normalized spacial score (nSPS) is 11.6. The van der Waals surface area contributed by atoms with E-state index in [9.17, 15) is 9.59 Å². The van der Waals surface area contributed by atoms with Crippen molar-refractivity contribution in [3.05, 3.63) is 120 Å². The van der Waals surface area contributed by atoms with Gasteiger partial charge in [-0.2, -0.15) is 0 Å². The van der Waals surface area contributed by atoms with Crippen molar-refractivity contribution in [2.45, 2.75) is 19.1 Å². The average molecular weight is 409 g/mol. The first-order valence-electron chi connectivity index (χ1n) is 10.2. The second-order valence-corrected chi connectivity index (χ2v) is 7.31. The summed E-state index contributed by atoms with van der Waals surface area (Å²) in [4.78, 5) is 25.4. The molecule has 0 saturated heterocycles. The lowest BCUT2D eigenvalue weighted by molar-refractivity contribution is -0.145. The highest BCUT2D eigenvalue weighted by atomic mass is 16.5. The summed E-state index contributed by atoms with van der Waals surface area (Å²) in [6.07, 6.45) is 0.0490. The van der Waals surface area contributed by atoms with Gasteiger partial charge in [0.2, 0.25) is 0 Å². The molecule has 4 heteroatoms. The molecule has 4 aromatic carbocycles. The van der Waals surface area contributed by atoms with E-state index in [0.29, 0.717) is 5.56 Å². The zero-order valence-electron chi connectivity index (χ0n) is 17.0. The topological polar surface area (TPSA) is 55.4 Å². The molecule has 154 valence electrons. The molecule has 0 aliphatic heterocycles. The summed E-state index contributed by atoms with van der Waals surface area (Å²) >= 11 is 0. The number of ether oxygens (including phenoxy) is 1. The second kappa shape index (κ2) is 9.72. The number of fused-ring (bicyclic) bond motifs is 1. The molecule has 4 rings (SSSR count). The number of benzene rings is 4. The van der Waals surface area contributed by atoms with E-state index >= 15 is 0 Å². The van der Waals surface area contributed by atoms with Crippen LogP contribution in [-0.2, 0) is 16.1 Å². The third-order valence-electron chi connectivity index (χ3n) is 5.18. The van der Waals surface area contributed by atoms with Gasteiger partial charge in [0.15, 0.2) is 0 Å². The molecule has 4 aromatic rings. The van der Waals surface area contributed by atoms with Crippen molar-refractivity contribution in [3.8, 4) is 0 Å². The summed E-state index contributed by atoms with van der Waals surface area (Å²) in [5.41, 5.74) is 2.36. The van der Waals surface area contributed by atoms with Crippen molar-refractivity contribution >= 4 is 22.6 Å². The predicted molar refractivity (Wildman–Crippen MR) is 121 cm³/mol. The molecule has 0 unspecified atom stereocenters. The van der Waals surface area contributed by atoms with Crippen LogP contribution in [0.2, 0.25) is 0 Å². The van der Waals surface area contributed by atoms with E-state index in [1.165, 1.54) is 0 Å². The lowest BCUT2D eigenvalue weighted by Gasteiger charge is -2.19. The predicted octanol–water partition coefficient (Wildman–Crippen LogP) is 5.44. The lowest BCUT2D eigenvalue weighted by atomic mass is 10.0. The minimum absolute atomic E-state index is 0.0490. The van der Waals surface area contributed by atoms with Crippen molar-refractivity contribution < 1.29 is 14.3 Å². The number of hydrogen-bond donors (Lipinski definition) is 1. The molecule has 1 atom stereocenters. The minimum atomic E-state index is -0.478. The van der Waals surface area contributed by atoms with Gasteiger partial charge in [-0.1, -0.05) is 91.0 Å². The van der Waals surface area contributed by atoms with Crippen LogP contribution in [0.1, 0.15) is 33.9 Å². The SMILES string of the molecule is O=C(C[C@H](NC(=O)c1ccccc1)c1ccccc1)OCc1cccc2ccccc12. The summed E-state index contributed by atoms with van der Waals surface area (Å²) in [5, 5.41) is 5.14. The van der Waals surface area contributed by atoms with Crippen molar-refractivity contribution in [1.29, 1.82) is 0 Å². The highest BCUT2D eigenvalue weighted by Gasteiger charge is 2.20. The molecule has 31 heavy (non-hydrogen) atoms. The van der Waals surface area contributed by atoms with Gasteiger partial charge < -0.3 is 10.1 Å². The number of rotatable bonds is 7. The van der Waals surface area contributed by atoms with Crippen LogP contribution in [0.15, 0.2) is 103 Å². The quantitative estimate of drug-likeness (QED) is 0.413. The summed E-state index contributed by atoms with van der Waals surface area (Å²) in [6.45, 7) is 0.189. The van der Waals surface area contributed by atoms with Crippen LogP contribution in [0.3, 0.4) is 0 Å². The molecule has 0 fully saturated rings. The van der Waals surface area contributed by atoms with Gasteiger partial charge in [0.1, 0.15) is 6.61 Å². The van der Waals surface area contributed by atoms with Crippen LogP contribution in [-0.4, -0.2) is 11.9 Å². The first-order valence-corrected chi connectivity index (χ1v) is 10.2. The van der Waals surface area contributed by atoms with Crippen LogP contribution in [0.4, 0.5) is 0 Å². The van der Waals surface area contributed by atoms with Crippen LogP contribution < -0.4 is 5.32 Å². The Morgan fingerprint density at radius 3 is 2.16 bits per heavy atom. The molecule has 0 aliphatic carbocycles. The molecule has 0 saturated carbocycles. The zero-order valence-corrected chi connectivity index (χ0v) is 17.0. The molecular formula is C27H23NO3. The van der Waals surface area contributed by atoms with Crippen molar-refractivity contribution in [3.63, 3.8) is 0 Å². The van der Waals surface area contributed by atoms with Gasteiger partial charge in [-0.05, 0) is 34.0 Å². The maximum atomic E-state index is 12.7. The fourth-order valence-corrected chi connectivity index (χ4v) is 3.57. The van der Waals surface area contributed by atoms with E-state index < -0.39 is 6.04 Å². The van der Waals surface area contributed by atoms with Crippen molar-refractivity contribution in [2.24, 2.45) is 0 Å². The third kappa shape index (κ3) is 5.17. The Kier molecular flexibility index (Phi) is 6.38. The molecule has 0 spiro atoms. The largest absolute Gasteiger partial charge is 0.461 e. The van der Waals surface area contributed by atoms with Gasteiger partial charge >= 0.3 is 5.97 Å². The first kappa shape index (κ1) is 20.4. The lowest BCUT2D eigenvalue weighted by Crippen LogP contribution is -2.30. The zero-order chi connectivity index (χ0) is 21.5. The molecule has 4 nitrogen and oxygen atoms in total. The maximum absolute atomic E-state index is 12.7. The Balaban J connectivity index is 1.46. The number of nitrogens with one attached hydrogen (secondary N) is 1. The van der Waals surface area contributed by atoms with E-state index in [1.807, 2.05) is 91.0 Å². The Hall–Kier alpha value is -3.92. The Morgan fingerprint density at radius 1 is 0.742 bits per heavy atom. The van der Waals surface area contributed by atoms with Crippen LogP contribution in [0.25, 0.3) is 10.8 Å². The van der Waals surface area contributed by atoms with Gasteiger partial charge in [0.25, 0.3) is 5.91 Å². The van der Waals surface area contributed by atoms with E-state index in [2.05, 4.69) is 5.32 Å². The Morgan fingerprint density at radius 2 is 1.39 bits per heavy atom. The molecule has 1 amide bonds. The number of carbonyl (C=O) groups excluding carboxylic acids is 2. The molecule has 0 bridgehead atoms. The van der Waals surface area contributed by atoms with Gasteiger partial charge in [0, 0.05) is 5.56 Å². The third-order valence-corrected chi connectivity index (χ3v) is 5.18. The highest BCUT2D eigenvalue weighted by Crippen LogP contribution is 2.21. The van der Waals surface area contributed by atoms with Crippen LogP contribution in [0.5, 0.6) is 0 Å². The molecule has 1 N–H and O–H groups in total. The first-order chi connectivity index (χ1) is 15.2. The second-order valence-electron chi connectivity index (χ2n) is 7.31. The van der Waals surface area contributed by atoms with Gasteiger partial charge in [0.05, 0.1) is 12.5 Å². The van der Waals surface area contributed by atoms with Gasteiger partial charge in [-0.25, -0.2) is 0 Å². The maximum Gasteiger partial charge on any atom is 0.308 e.